The van der Waals surface area contributed by atoms with Crippen LogP contribution in [0.5, 0.6) is 0 Å². The summed E-state index contributed by atoms with van der Waals surface area (Å²) in [5, 5.41) is 21.0. The molecule has 2 aliphatic rings. The number of amides is 1. The fraction of sp³-hybridized carbons (Fsp3) is 0.312. The molecule has 4 aromatic rings. The zero-order valence-corrected chi connectivity index (χ0v) is 25.1. The molecule has 1 atom stereocenters. The Morgan fingerprint density at radius 2 is 2.02 bits per heavy atom. The highest BCUT2D eigenvalue weighted by atomic mass is 35.5. The van der Waals surface area contributed by atoms with E-state index in [4.69, 9.17) is 17.3 Å². The molecule has 1 aliphatic heterocycles. The lowest BCUT2D eigenvalue weighted by molar-refractivity contribution is -0.136. The predicted molar refractivity (Wildman–Crippen MR) is 169 cm³/mol. The monoisotopic (exact) mass is 595 g/mol. The first-order valence-corrected chi connectivity index (χ1v) is 14.7. The van der Waals surface area contributed by atoms with Gasteiger partial charge in [0.2, 0.25) is 5.91 Å². The summed E-state index contributed by atoms with van der Waals surface area (Å²) in [6.07, 6.45) is 7.52. The normalized spacial score (nSPS) is 16.6. The molecule has 6 N–H and O–H groups in total. The summed E-state index contributed by atoms with van der Waals surface area (Å²) in [6, 6.07) is 15.6. The highest BCUT2D eigenvalue weighted by molar-refractivity contribution is 6.35. The van der Waals surface area contributed by atoms with Crippen molar-refractivity contribution in [2.75, 3.05) is 17.2 Å². The number of halogens is 1. The number of anilines is 2. The van der Waals surface area contributed by atoms with Gasteiger partial charge in [-0.25, -0.2) is 0 Å². The fourth-order valence-corrected chi connectivity index (χ4v) is 5.93. The van der Waals surface area contributed by atoms with E-state index in [0.29, 0.717) is 41.2 Å². The summed E-state index contributed by atoms with van der Waals surface area (Å²) in [6.45, 7) is 7.04. The van der Waals surface area contributed by atoms with Crippen LogP contribution in [0.3, 0.4) is 0 Å². The Balaban J connectivity index is 1.46. The Morgan fingerprint density at radius 1 is 1.21 bits per heavy atom. The Bertz CT molecular complexity index is 1800. The topological polar surface area (TPSA) is 144 Å². The minimum Gasteiger partial charge on any atom is -0.383 e. The molecule has 6 rings (SSSR count). The third-order valence-corrected chi connectivity index (χ3v) is 8.43. The molecule has 0 bridgehead atoms. The van der Waals surface area contributed by atoms with E-state index >= 15 is 0 Å². The molecule has 0 radical (unpaired) electrons. The minimum absolute atomic E-state index is 0.0162. The third-order valence-electron chi connectivity index (χ3n) is 8.14. The Hall–Kier alpha value is -4.59. The molecule has 1 amide bonds. The molecule has 220 valence electrons. The van der Waals surface area contributed by atoms with Crippen molar-refractivity contribution in [2.24, 2.45) is 11.1 Å². The largest absolute Gasteiger partial charge is 0.383 e. The number of nitriles is 1. The van der Waals surface area contributed by atoms with Gasteiger partial charge in [0.1, 0.15) is 11.6 Å². The van der Waals surface area contributed by atoms with E-state index in [1.54, 1.807) is 17.4 Å². The van der Waals surface area contributed by atoms with Crippen LogP contribution in [0.15, 0.2) is 66.8 Å². The van der Waals surface area contributed by atoms with E-state index in [1.807, 2.05) is 48.7 Å². The molecule has 0 saturated heterocycles. The van der Waals surface area contributed by atoms with Crippen LogP contribution in [-0.4, -0.2) is 33.0 Å². The lowest BCUT2D eigenvalue weighted by atomic mass is 9.75. The second kappa shape index (κ2) is 10.9. The Labute approximate surface area is 255 Å². The summed E-state index contributed by atoms with van der Waals surface area (Å²) in [4.78, 5) is 21.5. The summed E-state index contributed by atoms with van der Waals surface area (Å²) in [5.41, 5.74) is 16.6. The second-order valence-corrected chi connectivity index (χ2v) is 12.8. The average Bonchev–Trinajstić information content (AvgIpc) is 3.43. The first-order chi connectivity index (χ1) is 20.6. The highest BCUT2D eigenvalue weighted by Crippen LogP contribution is 2.41. The van der Waals surface area contributed by atoms with E-state index in [-0.39, 0.29) is 11.3 Å². The number of aromatic nitrogens is 2. The molecule has 11 heteroatoms. The minimum atomic E-state index is -0.779. The van der Waals surface area contributed by atoms with Crippen LogP contribution in [0.2, 0.25) is 5.02 Å². The number of pyridine rings is 2. The van der Waals surface area contributed by atoms with E-state index in [1.165, 1.54) is 0 Å². The van der Waals surface area contributed by atoms with Gasteiger partial charge in [-0.15, -0.1) is 5.53 Å². The SMILES string of the molecule is CC(C)(C)CNc1c(C#N)cnc2c(Cl)cc(N[C@H](C3=CN(C4(C(N)=O)CCC4)NN3)c3cccc4ncccc34)cc12. The van der Waals surface area contributed by atoms with Gasteiger partial charge in [-0.2, -0.15) is 5.26 Å². The highest BCUT2D eigenvalue weighted by Gasteiger charge is 2.49. The van der Waals surface area contributed by atoms with Crippen LogP contribution in [0, 0.1) is 16.7 Å². The van der Waals surface area contributed by atoms with E-state index < -0.39 is 11.6 Å². The van der Waals surface area contributed by atoms with Crippen LogP contribution >= 0.6 is 11.6 Å². The smallest absolute Gasteiger partial charge is 0.244 e. The third kappa shape index (κ3) is 5.26. The number of hydrazine groups is 2. The Kier molecular flexibility index (Phi) is 7.24. The van der Waals surface area contributed by atoms with Gasteiger partial charge in [0, 0.05) is 41.6 Å². The molecule has 0 spiro atoms. The lowest BCUT2D eigenvalue weighted by Gasteiger charge is -2.44. The van der Waals surface area contributed by atoms with Gasteiger partial charge in [-0.1, -0.05) is 50.6 Å². The van der Waals surface area contributed by atoms with Crippen molar-refractivity contribution in [3.8, 4) is 6.07 Å². The maximum atomic E-state index is 12.5. The molecule has 2 aromatic carbocycles. The molecule has 3 heterocycles. The van der Waals surface area contributed by atoms with Gasteiger partial charge in [-0.05, 0) is 54.5 Å². The van der Waals surface area contributed by atoms with Gasteiger partial charge < -0.3 is 21.8 Å². The molecule has 10 nitrogen and oxygen atoms in total. The summed E-state index contributed by atoms with van der Waals surface area (Å²) < 4.78 is 0. The molecule has 1 saturated carbocycles. The van der Waals surface area contributed by atoms with Gasteiger partial charge >= 0.3 is 0 Å². The number of carbonyl (C=O) groups is 1. The zero-order chi connectivity index (χ0) is 30.4. The molecule has 43 heavy (non-hydrogen) atoms. The van der Waals surface area contributed by atoms with Crippen molar-refractivity contribution in [1.82, 2.24) is 25.9 Å². The molecule has 0 unspecified atom stereocenters. The quantitative estimate of drug-likeness (QED) is 0.178. The van der Waals surface area contributed by atoms with Crippen molar-refractivity contribution >= 4 is 50.7 Å². The Morgan fingerprint density at radius 3 is 2.72 bits per heavy atom. The van der Waals surface area contributed by atoms with Crippen molar-refractivity contribution < 1.29 is 4.79 Å². The maximum Gasteiger partial charge on any atom is 0.244 e. The van der Waals surface area contributed by atoms with E-state index in [9.17, 15) is 10.1 Å². The number of primary amides is 1. The van der Waals surface area contributed by atoms with Crippen molar-refractivity contribution in [1.29, 1.82) is 5.26 Å². The lowest BCUT2D eigenvalue weighted by Crippen LogP contribution is -2.63. The number of nitrogens with two attached hydrogens (primary N) is 1. The second-order valence-electron chi connectivity index (χ2n) is 12.4. The van der Waals surface area contributed by atoms with Gasteiger partial charge in [0.15, 0.2) is 0 Å². The number of carbonyl (C=O) groups excluding carboxylic acids is 1. The number of nitrogens with zero attached hydrogens (tertiary/aromatic N) is 4. The van der Waals surface area contributed by atoms with Gasteiger partial charge in [-0.3, -0.25) is 19.8 Å². The fourth-order valence-electron chi connectivity index (χ4n) is 5.66. The summed E-state index contributed by atoms with van der Waals surface area (Å²) in [7, 11) is 0. The summed E-state index contributed by atoms with van der Waals surface area (Å²) >= 11 is 6.82. The first kappa shape index (κ1) is 28.5. The molecule has 2 aromatic heterocycles. The number of hydrogen-bond acceptors (Lipinski definition) is 9. The van der Waals surface area contributed by atoms with Crippen molar-refractivity contribution in [3.05, 3.63) is 82.9 Å². The van der Waals surface area contributed by atoms with Crippen LogP contribution in [0.25, 0.3) is 21.8 Å². The van der Waals surface area contributed by atoms with Crippen LogP contribution < -0.4 is 27.3 Å². The first-order valence-electron chi connectivity index (χ1n) is 14.3. The molecule has 1 fully saturated rings. The van der Waals surface area contributed by atoms with Gasteiger partial charge in [0.25, 0.3) is 0 Å². The summed E-state index contributed by atoms with van der Waals surface area (Å²) in [5.74, 6) is -0.359. The standard InChI is InChI=1S/C32H34ClN9O/c1-31(2,3)18-38-27-19(15-34)16-37-28-23(27)13-20(14-24(28)33)39-29(22-7-4-9-25-21(22)8-5-12-36-25)26-17-42(41-40-26)32(30(35)43)10-6-11-32/h4-5,7-9,12-14,16-17,29,39-41H,6,10-11,18H2,1-3H3,(H2,35,43)(H,37,38)/t29-/m0/s1. The average molecular weight is 596 g/mol. The number of fused-ring (bicyclic) bond motifs is 2. The van der Waals surface area contributed by atoms with Crippen LogP contribution in [0.4, 0.5) is 11.4 Å². The van der Waals surface area contributed by atoms with Crippen molar-refractivity contribution in [3.63, 3.8) is 0 Å². The molecular weight excluding hydrogens is 562 g/mol. The number of benzene rings is 2. The number of nitrogens with one attached hydrogen (secondary N) is 4. The zero-order valence-electron chi connectivity index (χ0n) is 24.3. The van der Waals surface area contributed by atoms with Crippen molar-refractivity contribution in [2.45, 2.75) is 51.6 Å². The van der Waals surface area contributed by atoms with Gasteiger partial charge in [0.05, 0.1) is 39.0 Å². The van der Waals surface area contributed by atoms with Crippen LogP contribution in [0.1, 0.15) is 57.2 Å². The molecular formula is C32H34ClN9O. The predicted octanol–water partition coefficient (Wildman–Crippen LogP) is 5.49. The number of hydrogen-bond donors (Lipinski definition) is 5. The molecule has 1 aliphatic carbocycles. The van der Waals surface area contributed by atoms with Crippen LogP contribution in [-0.2, 0) is 4.79 Å². The van der Waals surface area contributed by atoms with E-state index in [2.05, 4.69) is 58.4 Å². The number of rotatable bonds is 8. The van der Waals surface area contributed by atoms with E-state index in [0.717, 1.165) is 39.7 Å². The maximum absolute atomic E-state index is 12.5.